The molecule has 0 N–H and O–H groups in total. The molecular weight excluding hydrogens is 598 g/mol. The van der Waals surface area contributed by atoms with Crippen LogP contribution in [-0.4, -0.2) is 0 Å². The van der Waals surface area contributed by atoms with Crippen LogP contribution in [0.2, 0.25) is 0 Å². The summed E-state index contributed by atoms with van der Waals surface area (Å²) in [5.74, 6) is 0. The monoisotopic (exact) mass is 627 g/mol. The molecule has 0 amide bonds. The Hall–Kier alpha value is -5.18. The average Bonchev–Trinajstić information content (AvgIpc) is 3.10. The van der Waals surface area contributed by atoms with Crippen LogP contribution in [0.1, 0.15) is 0 Å². The second-order valence-electron chi connectivity index (χ2n) is 10.8. The molecule has 0 bridgehead atoms. The van der Waals surface area contributed by atoms with Crippen molar-refractivity contribution >= 4 is 33.0 Å². The second-order valence-corrected chi connectivity index (χ2v) is 11.7. The molecule has 0 unspecified atom stereocenters. The predicted octanol–water partition coefficient (Wildman–Crippen LogP) is 12.6. The fourth-order valence-corrected chi connectivity index (χ4v) is 6.22. The standard InChI is InChI=1S/C42H30BrN/c43-39-27-38(37-25-35(32-16-7-2-8-17-32)24-36(26-37)33-18-9-3-10-19-33)29-42(30-39)44(40-21-11-4-12-22-40)41-23-13-20-34(28-41)31-14-5-1-6-15-31/h1-30H. The zero-order valence-corrected chi connectivity index (χ0v) is 25.7. The van der Waals surface area contributed by atoms with Crippen molar-refractivity contribution in [3.8, 4) is 44.5 Å². The number of halogens is 1. The lowest BCUT2D eigenvalue weighted by Gasteiger charge is -2.27. The highest BCUT2D eigenvalue weighted by Crippen LogP contribution is 2.41. The third-order valence-corrected chi connectivity index (χ3v) is 8.31. The molecule has 7 aromatic rings. The average molecular weight is 629 g/mol. The minimum absolute atomic E-state index is 1.02. The van der Waals surface area contributed by atoms with E-state index in [1.54, 1.807) is 0 Å². The maximum atomic E-state index is 3.88. The molecule has 7 aromatic carbocycles. The van der Waals surface area contributed by atoms with Crippen LogP contribution in [0.25, 0.3) is 44.5 Å². The summed E-state index contributed by atoms with van der Waals surface area (Å²) in [5.41, 5.74) is 12.8. The van der Waals surface area contributed by atoms with Gasteiger partial charge in [0.1, 0.15) is 0 Å². The molecule has 7 rings (SSSR count). The number of rotatable bonds is 7. The molecule has 2 heteroatoms. The van der Waals surface area contributed by atoms with Gasteiger partial charge in [-0.3, -0.25) is 0 Å². The first-order valence-corrected chi connectivity index (χ1v) is 15.6. The van der Waals surface area contributed by atoms with Crippen molar-refractivity contribution in [3.63, 3.8) is 0 Å². The van der Waals surface area contributed by atoms with Crippen LogP contribution in [0.4, 0.5) is 17.1 Å². The van der Waals surface area contributed by atoms with E-state index in [1.807, 2.05) is 0 Å². The first-order valence-electron chi connectivity index (χ1n) is 14.8. The van der Waals surface area contributed by atoms with Crippen LogP contribution in [0.15, 0.2) is 186 Å². The maximum absolute atomic E-state index is 3.88. The Morgan fingerprint density at radius 2 is 0.659 bits per heavy atom. The quantitative estimate of drug-likeness (QED) is 0.170. The highest BCUT2D eigenvalue weighted by molar-refractivity contribution is 9.10. The van der Waals surface area contributed by atoms with Crippen LogP contribution in [0, 0.1) is 0 Å². The molecule has 0 saturated carbocycles. The van der Waals surface area contributed by atoms with Gasteiger partial charge >= 0.3 is 0 Å². The zero-order valence-electron chi connectivity index (χ0n) is 24.1. The summed E-state index contributed by atoms with van der Waals surface area (Å²) in [7, 11) is 0. The Balaban J connectivity index is 1.39. The molecule has 0 fully saturated rings. The zero-order chi connectivity index (χ0) is 29.7. The van der Waals surface area contributed by atoms with Gasteiger partial charge in [-0.2, -0.15) is 0 Å². The number of para-hydroxylation sites is 1. The van der Waals surface area contributed by atoms with Gasteiger partial charge in [0.15, 0.2) is 0 Å². The van der Waals surface area contributed by atoms with Gasteiger partial charge in [-0.05, 0) is 105 Å². The molecule has 210 valence electrons. The summed E-state index contributed by atoms with van der Waals surface area (Å²) in [6.07, 6.45) is 0. The smallest absolute Gasteiger partial charge is 0.0479 e. The molecule has 0 radical (unpaired) electrons. The van der Waals surface area contributed by atoms with Crippen molar-refractivity contribution < 1.29 is 0 Å². The molecule has 0 aliphatic carbocycles. The number of nitrogens with zero attached hydrogens (tertiary/aromatic N) is 1. The lowest BCUT2D eigenvalue weighted by molar-refractivity contribution is 1.28. The Kier molecular flexibility index (Phi) is 7.91. The van der Waals surface area contributed by atoms with Crippen molar-refractivity contribution in [2.75, 3.05) is 4.90 Å². The second kappa shape index (κ2) is 12.6. The van der Waals surface area contributed by atoms with E-state index in [0.717, 1.165) is 27.1 Å². The summed E-state index contributed by atoms with van der Waals surface area (Å²) in [6, 6.07) is 64.8. The summed E-state index contributed by atoms with van der Waals surface area (Å²) in [4.78, 5) is 2.33. The van der Waals surface area contributed by atoms with Gasteiger partial charge in [0.2, 0.25) is 0 Å². The number of benzene rings is 7. The third-order valence-electron chi connectivity index (χ3n) is 7.85. The van der Waals surface area contributed by atoms with Crippen LogP contribution < -0.4 is 4.90 Å². The fraction of sp³-hybridized carbons (Fsp3) is 0. The molecule has 44 heavy (non-hydrogen) atoms. The first-order chi connectivity index (χ1) is 21.7. The van der Waals surface area contributed by atoms with E-state index in [0.29, 0.717) is 0 Å². The minimum atomic E-state index is 1.02. The predicted molar refractivity (Wildman–Crippen MR) is 191 cm³/mol. The lowest BCUT2D eigenvalue weighted by atomic mass is 9.93. The Labute approximate surface area is 267 Å². The Bertz CT molecular complexity index is 1950. The van der Waals surface area contributed by atoms with Crippen molar-refractivity contribution in [2.45, 2.75) is 0 Å². The summed E-state index contributed by atoms with van der Waals surface area (Å²) in [6.45, 7) is 0. The van der Waals surface area contributed by atoms with E-state index < -0.39 is 0 Å². The van der Waals surface area contributed by atoms with E-state index in [2.05, 4.69) is 203 Å². The number of hydrogen-bond donors (Lipinski definition) is 0. The van der Waals surface area contributed by atoms with Crippen molar-refractivity contribution in [1.82, 2.24) is 0 Å². The fourth-order valence-electron chi connectivity index (χ4n) is 5.74. The van der Waals surface area contributed by atoms with Gasteiger partial charge in [-0.15, -0.1) is 0 Å². The maximum Gasteiger partial charge on any atom is 0.0479 e. The molecule has 0 aliphatic rings. The molecule has 1 nitrogen and oxygen atoms in total. The van der Waals surface area contributed by atoms with Crippen LogP contribution in [0.3, 0.4) is 0 Å². The van der Waals surface area contributed by atoms with Crippen molar-refractivity contribution in [1.29, 1.82) is 0 Å². The summed E-state index contributed by atoms with van der Waals surface area (Å²) < 4.78 is 1.02. The number of hydrogen-bond acceptors (Lipinski definition) is 1. The van der Waals surface area contributed by atoms with Crippen LogP contribution >= 0.6 is 15.9 Å². The lowest BCUT2D eigenvalue weighted by Crippen LogP contribution is -2.10. The summed E-state index contributed by atoms with van der Waals surface area (Å²) in [5, 5.41) is 0. The van der Waals surface area contributed by atoms with Crippen molar-refractivity contribution in [3.05, 3.63) is 186 Å². The van der Waals surface area contributed by atoms with Crippen molar-refractivity contribution in [2.24, 2.45) is 0 Å². The molecular formula is C42H30BrN. The topological polar surface area (TPSA) is 3.24 Å². The highest BCUT2D eigenvalue weighted by Gasteiger charge is 2.16. The Morgan fingerprint density at radius 3 is 1.20 bits per heavy atom. The molecule has 0 saturated heterocycles. The van der Waals surface area contributed by atoms with Crippen LogP contribution in [0.5, 0.6) is 0 Å². The summed E-state index contributed by atoms with van der Waals surface area (Å²) >= 11 is 3.88. The van der Waals surface area contributed by atoms with E-state index in [9.17, 15) is 0 Å². The van der Waals surface area contributed by atoms with Gasteiger partial charge < -0.3 is 4.90 Å². The van der Waals surface area contributed by atoms with Gasteiger partial charge in [0.25, 0.3) is 0 Å². The van der Waals surface area contributed by atoms with Gasteiger partial charge in [-0.1, -0.05) is 137 Å². The Morgan fingerprint density at radius 1 is 0.273 bits per heavy atom. The van der Waals surface area contributed by atoms with Gasteiger partial charge in [0, 0.05) is 21.5 Å². The SMILES string of the molecule is Brc1cc(-c2cc(-c3ccccc3)cc(-c3ccccc3)c2)cc(N(c2ccccc2)c2cccc(-c3ccccc3)c2)c1. The van der Waals surface area contributed by atoms with E-state index in [1.165, 1.54) is 38.9 Å². The third kappa shape index (κ3) is 5.99. The molecule has 0 aromatic heterocycles. The molecule has 0 heterocycles. The largest absolute Gasteiger partial charge is 0.310 e. The highest BCUT2D eigenvalue weighted by atomic mass is 79.9. The first kappa shape index (κ1) is 27.6. The molecule has 0 aliphatic heterocycles. The minimum Gasteiger partial charge on any atom is -0.310 e. The molecule has 0 spiro atoms. The normalized spacial score (nSPS) is 10.8. The molecule has 0 atom stereocenters. The van der Waals surface area contributed by atoms with Gasteiger partial charge in [0.05, 0.1) is 0 Å². The van der Waals surface area contributed by atoms with E-state index in [-0.39, 0.29) is 0 Å². The van der Waals surface area contributed by atoms with Crippen LogP contribution in [-0.2, 0) is 0 Å². The number of anilines is 3. The van der Waals surface area contributed by atoms with E-state index in [4.69, 9.17) is 0 Å². The van der Waals surface area contributed by atoms with E-state index >= 15 is 0 Å². The van der Waals surface area contributed by atoms with Gasteiger partial charge in [-0.25, -0.2) is 0 Å².